The molecule has 1 aromatic carbocycles. The number of rotatable bonds is 2. The van der Waals surface area contributed by atoms with E-state index in [4.69, 9.17) is 5.73 Å². The molecule has 2 N–H and O–H groups in total. The molecule has 0 unspecified atom stereocenters. The molecular weight excluding hydrogens is 215 g/mol. The fraction of sp³-hybridized carbons (Fsp3) is 0.500. The van der Waals surface area contributed by atoms with Crippen LogP contribution in [0, 0.1) is 23.4 Å². The minimum atomic E-state index is -1.43. The second-order valence-corrected chi connectivity index (χ2v) is 4.37. The average Bonchev–Trinajstić information content (AvgIpc) is 2.77. The van der Waals surface area contributed by atoms with Crippen LogP contribution in [-0.4, -0.2) is 0 Å². The smallest absolute Gasteiger partial charge is 0.194 e. The number of hydrogen-bond donors (Lipinski definition) is 1. The van der Waals surface area contributed by atoms with E-state index < -0.39 is 23.5 Å². The van der Waals surface area contributed by atoms with E-state index in [0.717, 1.165) is 37.8 Å². The highest BCUT2D eigenvalue weighted by atomic mass is 19.2. The van der Waals surface area contributed by atoms with Crippen molar-refractivity contribution in [2.24, 2.45) is 11.7 Å². The molecule has 4 heteroatoms. The van der Waals surface area contributed by atoms with Crippen LogP contribution in [0.25, 0.3) is 0 Å². The van der Waals surface area contributed by atoms with Gasteiger partial charge >= 0.3 is 0 Å². The highest BCUT2D eigenvalue weighted by molar-refractivity contribution is 5.23. The molecule has 1 saturated carbocycles. The predicted molar refractivity (Wildman–Crippen MR) is 55.2 cm³/mol. The maximum absolute atomic E-state index is 13.0. The van der Waals surface area contributed by atoms with E-state index in [2.05, 4.69) is 0 Å². The predicted octanol–water partition coefficient (Wildman–Crippen LogP) is 3.29. The first-order valence-corrected chi connectivity index (χ1v) is 5.49. The van der Waals surface area contributed by atoms with Crippen LogP contribution < -0.4 is 5.73 Å². The molecule has 1 aliphatic rings. The molecule has 2 rings (SSSR count). The summed E-state index contributed by atoms with van der Waals surface area (Å²) in [6.07, 6.45) is 4.15. The first-order chi connectivity index (χ1) is 7.59. The molecule has 0 aliphatic heterocycles. The SMILES string of the molecule is N[C@@H](c1cc(F)c(F)c(F)c1)C1CCCC1. The first-order valence-electron chi connectivity index (χ1n) is 5.49. The number of nitrogens with two attached hydrogens (primary N) is 1. The Labute approximate surface area is 92.5 Å². The van der Waals surface area contributed by atoms with Gasteiger partial charge < -0.3 is 5.73 Å². The summed E-state index contributed by atoms with van der Waals surface area (Å²) in [5.74, 6) is -3.50. The highest BCUT2D eigenvalue weighted by Gasteiger charge is 2.25. The minimum absolute atomic E-state index is 0.254. The molecule has 0 bridgehead atoms. The summed E-state index contributed by atoms with van der Waals surface area (Å²) in [6, 6.07) is 1.61. The normalized spacial score (nSPS) is 19.0. The summed E-state index contributed by atoms with van der Waals surface area (Å²) in [5.41, 5.74) is 6.28. The van der Waals surface area contributed by atoms with Gasteiger partial charge in [0.2, 0.25) is 0 Å². The van der Waals surface area contributed by atoms with Crippen LogP contribution >= 0.6 is 0 Å². The molecule has 0 aromatic heterocycles. The van der Waals surface area contributed by atoms with Crippen LogP contribution in [0.4, 0.5) is 13.2 Å². The maximum atomic E-state index is 13.0. The zero-order valence-corrected chi connectivity index (χ0v) is 8.85. The van der Waals surface area contributed by atoms with Gasteiger partial charge in [0.15, 0.2) is 17.5 Å². The maximum Gasteiger partial charge on any atom is 0.194 e. The quantitative estimate of drug-likeness (QED) is 0.774. The van der Waals surface area contributed by atoms with E-state index in [1.807, 2.05) is 0 Å². The van der Waals surface area contributed by atoms with Crippen molar-refractivity contribution in [2.75, 3.05) is 0 Å². The van der Waals surface area contributed by atoms with Gasteiger partial charge in [-0.25, -0.2) is 13.2 Å². The van der Waals surface area contributed by atoms with Gasteiger partial charge in [0.05, 0.1) is 0 Å². The Morgan fingerprint density at radius 3 is 2.06 bits per heavy atom. The van der Waals surface area contributed by atoms with Crippen LogP contribution in [-0.2, 0) is 0 Å². The highest BCUT2D eigenvalue weighted by Crippen LogP contribution is 2.34. The van der Waals surface area contributed by atoms with Crippen LogP contribution in [0.3, 0.4) is 0 Å². The lowest BCUT2D eigenvalue weighted by atomic mass is 9.92. The summed E-state index contributed by atoms with van der Waals surface area (Å²) >= 11 is 0. The van der Waals surface area contributed by atoms with E-state index in [-0.39, 0.29) is 5.92 Å². The van der Waals surface area contributed by atoms with Gasteiger partial charge in [-0.2, -0.15) is 0 Å². The Morgan fingerprint density at radius 1 is 1.06 bits per heavy atom. The number of benzene rings is 1. The monoisotopic (exact) mass is 229 g/mol. The van der Waals surface area contributed by atoms with Gasteiger partial charge in [-0.1, -0.05) is 12.8 Å². The lowest BCUT2D eigenvalue weighted by molar-refractivity contribution is 0.421. The molecule has 1 nitrogen and oxygen atoms in total. The second-order valence-electron chi connectivity index (χ2n) is 4.37. The van der Waals surface area contributed by atoms with Gasteiger partial charge in [0.25, 0.3) is 0 Å². The van der Waals surface area contributed by atoms with Crippen molar-refractivity contribution >= 4 is 0 Å². The summed E-state index contributed by atoms with van der Waals surface area (Å²) in [4.78, 5) is 0. The molecule has 1 aliphatic carbocycles. The van der Waals surface area contributed by atoms with E-state index in [1.165, 1.54) is 0 Å². The summed E-state index contributed by atoms with van der Waals surface area (Å²) in [7, 11) is 0. The minimum Gasteiger partial charge on any atom is -0.324 e. The average molecular weight is 229 g/mol. The van der Waals surface area contributed by atoms with E-state index in [1.54, 1.807) is 0 Å². The van der Waals surface area contributed by atoms with Crippen molar-refractivity contribution < 1.29 is 13.2 Å². The number of hydrogen-bond acceptors (Lipinski definition) is 1. The lowest BCUT2D eigenvalue weighted by Gasteiger charge is -2.19. The van der Waals surface area contributed by atoms with Gasteiger partial charge in [-0.3, -0.25) is 0 Å². The third-order valence-corrected chi connectivity index (χ3v) is 3.30. The molecule has 88 valence electrons. The second kappa shape index (κ2) is 4.45. The van der Waals surface area contributed by atoms with E-state index >= 15 is 0 Å². The first kappa shape index (κ1) is 11.5. The summed E-state index contributed by atoms with van der Waals surface area (Å²) in [5, 5.41) is 0. The largest absolute Gasteiger partial charge is 0.324 e. The summed E-state index contributed by atoms with van der Waals surface area (Å²) in [6.45, 7) is 0. The fourth-order valence-corrected chi connectivity index (χ4v) is 2.36. The van der Waals surface area contributed by atoms with Crippen molar-refractivity contribution in [1.29, 1.82) is 0 Å². The van der Waals surface area contributed by atoms with Crippen molar-refractivity contribution in [3.63, 3.8) is 0 Å². The Hall–Kier alpha value is -1.03. The van der Waals surface area contributed by atoms with Crippen LogP contribution in [0.2, 0.25) is 0 Å². The zero-order valence-electron chi connectivity index (χ0n) is 8.85. The zero-order chi connectivity index (χ0) is 11.7. The van der Waals surface area contributed by atoms with Crippen molar-refractivity contribution in [3.05, 3.63) is 35.1 Å². The van der Waals surface area contributed by atoms with E-state index in [0.29, 0.717) is 5.56 Å². The van der Waals surface area contributed by atoms with Gasteiger partial charge in [-0.15, -0.1) is 0 Å². The Bertz CT molecular complexity index is 363. The van der Waals surface area contributed by atoms with Crippen LogP contribution in [0.1, 0.15) is 37.3 Å². The van der Waals surface area contributed by atoms with Crippen LogP contribution in [0.5, 0.6) is 0 Å². The van der Waals surface area contributed by atoms with Crippen molar-refractivity contribution in [2.45, 2.75) is 31.7 Å². The number of halogens is 3. The molecule has 0 saturated heterocycles. The molecule has 16 heavy (non-hydrogen) atoms. The Morgan fingerprint density at radius 2 is 1.56 bits per heavy atom. The van der Waals surface area contributed by atoms with Gasteiger partial charge in [0, 0.05) is 6.04 Å². The molecule has 0 spiro atoms. The van der Waals surface area contributed by atoms with Crippen LogP contribution in [0.15, 0.2) is 12.1 Å². The third kappa shape index (κ3) is 2.07. The standard InChI is InChI=1S/C12H14F3N/c13-9-5-8(6-10(14)11(9)15)12(16)7-3-1-2-4-7/h5-7,12H,1-4,16H2/t12-/m1/s1. The Balaban J connectivity index is 2.26. The Kier molecular flexibility index (Phi) is 3.19. The summed E-state index contributed by atoms with van der Waals surface area (Å²) < 4.78 is 38.8. The van der Waals surface area contributed by atoms with Crippen molar-refractivity contribution in [3.8, 4) is 0 Å². The topological polar surface area (TPSA) is 26.0 Å². The molecule has 1 atom stereocenters. The van der Waals surface area contributed by atoms with Gasteiger partial charge in [0.1, 0.15) is 0 Å². The molecule has 1 fully saturated rings. The van der Waals surface area contributed by atoms with Crippen molar-refractivity contribution in [1.82, 2.24) is 0 Å². The molecule has 0 heterocycles. The lowest BCUT2D eigenvalue weighted by Crippen LogP contribution is -2.19. The van der Waals surface area contributed by atoms with Gasteiger partial charge in [-0.05, 0) is 36.5 Å². The third-order valence-electron chi connectivity index (χ3n) is 3.30. The molecule has 0 amide bonds. The fourth-order valence-electron chi connectivity index (χ4n) is 2.36. The molecular formula is C12H14F3N. The van der Waals surface area contributed by atoms with E-state index in [9.17, 15) is 13.2 Å². The molecule has 0 radical (unpaired) electrons. The molecule has 1 aromatic rings.